The van der Waals surface area contributed by atoms with Crippen molar-refractivity contribution in [3.8, 4) is 11.1 Å². The highest BCUT2D eigenvalue weighted by molar-refractivity contribution is 7.92. The molecule has 21 heavy (non-hydrogen) atoms. The molecule has 0 bridgehead atoms. The van der Waals surface area contributed by atoms with Crippen LogP contribution in [0.4, 0.5) is 14.5 Å². The van der Waals surface area contributed by atoms with E-state index in [9.17, 15) is 17.2 Å². The molecule has 0 aliphatic carbocycles. The maximum Gasteiger partial charge on any atom is 0.232 e. The molecule has 0 spiro atoms. The molecule has 6 heteroatoms. The number of halogens is 2. The van der Waals surface area contributed by atoms with Gasteiger partial charge in [-0.3, -0.25) is 4.72 Å². The smallest absolute Gasteiger partial charge is 0.232 e. The lowest BCUT2D eigenvalue weighted by Gasteiger charge is -2.11. The fourth-order valence-electron chi connectivity index (χ4n) is 1.97. The Hall–Kier alpha value is -1.95. The van der Waals surface area contributed by atoms with E-state index in [-0.39, 0.29) is 11.3 Å². The summed E-state index contributed by atoms with van der Waals surface area (Å²) in [5.74, 6) is -1.40. The Morgan fingerprint density at radius 3 is 2.43 bits per heavy atom. The van der Waals surface area contributed by atoms with Crippen molar-refractivity contribution < 1.29 is 17.2 Å². The molecule has 0 fully saturated rings. The summed E-state index contributed by atoms with van der Waals surface area (Å²) in [4.78, 5) is 0. The van der Waals surface area contributed by atoms with Crippen molar-refractivity contribution >= 4 is 15.7 Å². The van der Waals surface area contributed by atoms with Gasteiger partial charge in [0, 0.05) is 17.3 Å². The number of nitrogens with one attached hydrogen (secondary N) is 1. The third kappa shape index (κ3) is 3.78. The lowest BCUT2D eigenvalue weighted by Crippen LogP contribution is -2.14. The van der Waals surface area contributed by atoms with Crippen LogP contribution >= 0.6 is 0 Å². The molecule has 0 aromatic heterocycles. The van der Waals surface area contributed by atoms with E-state index >= 15 is 0 Å². The maximum absolute atomic E-state index is 13.8. The van der Waals surface area contributed by atoms with Crippen molar-refractivity contribution in [1.29, 1.82) is 0 Å². The molecule has 0 atom stereocenters. The van der Waals surface area contributed by atoms with E-state index in [4.69, 9.17) is 0 Å². The minimum atomic E-state index is -3.41. The van der Waals surface area contributed by atoms with E-state index in [1.165, 1.54) is 19.1 Å². The van der Waals surface area contributed by atoms with Crippen LogP contribution in [-0.2, 0) is 10.0 Å². The molecule has 1 N–H and O–H groups in total. The van der Waals surface area contributed by atoms with Crippen LogP contribution in [0.25, 0.3) is 11.1 Å². The van der Waals surface area contributed by atoms with Crippen LogP contribution in [0.5, 0.6) is 0 Å². The zero-order chi connectivity index (χ0) is 15.6. The molecule has 0 heterocycles. The van der Waals surface area contributed by atoms with E-state index in [1.807, 2.05) is 0 Å². The van der Waals surface area contributed by atoms with E-state index in [1.54, 1.807) is 19.1 Å². The Morgan fingerprint density at radius 1 is 1.10 bits per heavy atom. The summed E-state index contributed by atoms with van der Waals surface area (Å²) in [5, 5.41) is 0. The van der Waals surface area contributed by atoms with Crippen molar-refractivity contribution in [3.05, 3.63) is 53.6 Å². The van der Waals surface area contributed by atoms with Crippen LogP contribution in [-0.4, -0.2) is 14.2 Å². The molecule has 0 aliphatic heterocycles. The van der Waals surface area contributed by atoms with Crippen LogP contribution in [0.1, 0.15) is 12.5 Å². The fraction of sp³-hybridized carbons (Fsp3) is 0.200. The highest BCUT2D eigenvalue weighted by atomic mass is 32.2. The Kier molecular flexibility index (Phi) is 4.27. The minimum absolute atomic E-state index is 0.0544. The first-order valence-electron chi connectivity index (χ1n) is 6.38. The lowest BCUT2D eigenvalue weighted by molar-refractivity contribution is 0.585. The molecule has 0 amide bonds. The van der Waals surface area contributed by atoms with Gasteiger partial charge in [-0.25, -0.2) is 17.2 Å². The van der Waals surface area contributed by atoms with Crippen molar-refractivity contribution in [1.82, 2.24) is 0 Å². The molecule has 0 saturated carbocycles. The highest BCUT2D eigenvalue weighted by Gasteiger charge is 2.11. The SMILES string of the molecule is CCS(=O)(=O)Nc1cc(C)cc(-c2ccc(F)cc2F)c1. The number of aryl methyl sites for hydroxylation is 1. The van der Waals surface area contributed by atoms with E-state index in [0.717, 1.165) is 17.7 Å². The summed E-state index contributed by atoms with van der Waals surface area (Å²) >= 11 is 0. The van der Waals surface area contributed by atoms with Crippen molar-refractivity contribution in [3.63, 3.8) is 0 Å². The monoisotopic (exact) mass is 311 g/mol. The Labute approximate surface area is 122 Å². The topological polar surface area (TPSA) is 46.2 Å². The lowest BCUT2D eigenvalue weighted by atomic mass is 10.0. The van der Waals surface area contributed by atoms with Gasteiger partial charge in [-0.05, 0) is 49.2 Å². The summed E-state index contributed by atoms with van der Waals surface area (Å²) in [6, 6.07) is 8.18. The zero-order valence-electron chi connectivity index (χ0n) is 11.7. The average Bonchev–Trinajstić information content (AvgIpc) is 2.37. The van der Waals surface area contributed by atoms with Crippen LogP contribution in [0.15, 0.2) is 36.4 Å². The number of benzene rings is 2. The number of sulfonamides is 1. The Morgan fingerprint density at radius 2 is 1.81 bits per heavy atom. The van der Waals surface area contributed by atoms with Crippen molar-refractivity contribution in [2.24, 2.45) is 0 Å². The van der Waals surface area contributed by atoms with Crippen LogP contribution in [0.3, 0.4) is 0 Å². The van der Waals surface area contributed by atoms with Crippen LogP contribution in [0, 0.1) is 18.6 Å². The van der Waals surface area contributed by atoms with Gasteiger partial charge in [0.05, 0.1) is 5.75 Å². The average molecular weight is 311 g/mol. The second-order valence-electron chi connectivity index (χ2n) is 4.72. The van der Waals surface area contributed by atoms with Crippen LogP contribution < -0.4 is 4.72 Å². The van der Waals surface area contributed by atoms with Crippen LogP contribution in [0.2, 0.25) is 0 Å². The summed E-state index contributed by atoms with van der Waals surface area (Å²) in [6.07, 6.45) is 0. The molecule has 112 valence electrons. The van der Waals surface area contributed by atoms with Gasteiger partial charge in [0.2, 0.25) is 10.0 Å². The molecule has 0 saturated heterocycles. The molecule has 2 rings (SSSR count). The summed E-state index contributed by atoms with van der Waals surface area (Å²) < 4.78 is 52.4. The third-order valence-electron chi connectivity index (χ3n) is 2.97. The molecular weight excluding hydrogens is 296 g/mol. The molecule has 2 aromatic carbocycles. The number of hydrogen-bond donors (Lipinski definition) is 1. The van der Waals surface area contributed by atoms with Gasteiger partial charge in [0.1, 0.15) is 11.6 Å². The largest absolute Gasteiger partial charge is 0.284 e. The summed E-state index contributed by atoms with van der Waals surface area (Å²) in [6.45, 7) is 3.30. The van der Waals surface area contributed by atoms with Gasteiger partial charge in [0.25, 0.3) is 0 Å². The fourth-order valence-corrected chi connectivity index (χ4v) is 2.59. The maximum atomic E-state index is 13.8. The second-order valence-corrected chi connectivity index (χ2v) is 6.73. The molecule has 0 unspecified atom stereocenters. The van der Waals surface area contributed by atoms with Crippen molar-refractivity contribution in [2.75, 3.05) is 10.5 Å². The van der Waals surface area contributed by atoms with Gasteiger partial charge in [-0.2, -0.15) is 0 Å². The number of hydrogen-bond acceptors (Lipinski definition) is 2. The van der Waals surface area contributed by atoms with Gasteiger partial charge in [0.15, 0.2) is 0 Å². The Bertz CT molecular complexity index is 773. The molecular formula is C15H15F2NO2S. The molecule has 0 aliphatic rings. The first-order chi connectivity index (χ1) is 9.80. The first kappa shape index (κ1) is 15.4. The second kappa shape index (κ2) is 5.81. The zero-order valence-corrected chi connectivity index (χ0v) is 12.5. The third-order valence-corrected chi connectivity index (χ3v) is 4.28. The predicted molar refractivity (Wildman–Crippen MR) is 79.6 cm³/mol. The van der Waals surface area contributed by atoms with Gasteiger partial charge in [-0.1, -0.05) is 6.07 Å². The normalized spacial score (nSPS) is 11.4. The molecule has 2 aromatic rings. The summed E-state index contributed by atoms with van der Waals surface area (Å²) in [5.41, 5.74) is 1.83. The first-order valence-corrected chi connectivity index (χ1v) is 8.03. The van der Waals surface area contributed by atoms with Crippen molar-refractivity contribution in [2.45, 2.75) is 13.8 Å². The minimum Gasteiger partial charge on any atom is -0.284 e. The quantitative estimate of drug-likeness (QED) is 0.936. The van der Waals surface area contributed by atoms with Gasteiger partial charge >= 0.3 is 0 Å². The van der Waals surface area contributed by atoms with Gasteiger partial charge in [-0.15, -0.1) is 0 Å². The number of rotatable bonds is 4. The van der Waals surface area contributed by atoms with E-state index in [2.05, 4.69) is 4.72 Å². The van der Waals surface area contributed by atoms with E-state index in [0.29, 0.717) is 11.3 Å². The number of anilines is 1. The molecule has 0 radical (unpaired) electrons. The molecule has 3 nitrogen and oxygen atoms in total. The van der Waals surface area contributed by atoms with E-state index < -0.39 is 21.7 Å². The highest BCUT2D eigenvalue weighted by Crippen LogP contribution is 2.27. The standard InChI is InChI=1S/C15H15F2NO2S/c1-3-21(19,20)18-13-7-10(2)6-11(8-13)14-5-4-12(16)9-15(14)17/h4-9,18H,3H2,1-2H3. The Balaban J connectivity index is 2.48. The van der Waals surface area contributed by atoms with Gasteiger partial charge < -0.3 is 0 Å². The predicted octanol–water partition coefficient (Wildman–Crippen LogP) is 3.70. The summed E-state index contributed by atoms with van der Waals surface area (Å²) in [7, 11) is -3.41.